The largest absolute Gasteiger partial charge is 0.342 e. The quantitative estimate of drug-likeness (QED) is 0.537. The van der Waals surface area contributed by atoms with Crippen LogP contribution in [0.15, 0.2) is 12.3 Å². The van der Waals surface area contributed by atoms with E-state index in [1.807, 2.05) is 0 Å². The summed E-state index contributed by atoms with van der Waals surface area (Å²) >= 11 is 0. The second kappa shape index (κ2) is 2.86. The lowest BCUT2D eigenvalue weighted by Crippen LogP contribution is -2.09. The van der Waals surface area contributed by atoms with E-state index in [4.69, 9.17) is 0 Å². The van der Waals surface area contributed by atoms with E-state index in [0.29, 0.717) is 6.54 Å². The van der Waals surface area contributed by atoms with E-state index < -0.39 is 0 Å². The Morgan fingerprint density at radius 3 is 3.33 bits per heavy atom. The molecule has 47 valence electrons. The maximum absolute atomic E-state index is 9.63. The van der Waals surface area contributed by atoms with Gasteiger partial charge < -0.3 is 5.32 Å². The number of aromatic nitrogens is 2. The Bertz CT molecular complexity index is 170. The summed E-state index contributed by atoms with van der Waals surface area (Å²) in [5.74, 6) is 0. The molecule has 0 aliphatic rings. The lowest BCUT2D eigenvalue weighted by atomic mass is 10.4. The van der Waals surface area contributed by atoms with Gasteiger partial charge in [0.15, 0.2) is 0 Å². The lowest BCUT2D eigenvalue weighted by Gasteiger charge is -1.87. The number of hydrogen-bond acceptors (Lipinski definition) is 2. The van der Waals surface area contributed by atoms with Crippen LogP contribution in [0.5, 0.6) is 0 Å². The Labute approximate surface area is 52.3 Å². The standard InChI is InChI=1S/C5H6N3O/c9-4-6-3-5-1-2-7-8-5/h1-2H,3H2,(H,6,9)(H,7,8). The molecule has 2 N–H and O–H groups in total. The number of rotatable bonds is 3. The third kappa shape index (κ3) is 1.56. The molecule has 0 aromatic carbocycles. The van der Waals surface area contributed by atoms with E-state index >= 15 is 0 Å². The maximum Gasteiger partial charge on any atom is 0.309 e. The predicted molar refractivity (Wildman–Crippen MR) is 31.1 cm³/mol. The Morgan fingerprint density at radius 1 is 1.89 bits per heavy atom. The maximum atomic E-state index is 9.63. The van der Waals surface area contributed by atoms with Crippen LogP contribution in [-0.4, -0.2) is 16.6 Å². The summed E-state index contributed by atoms with van der Waals surface area (Å²) < 4.78 is 0. The third-order valence-corrected chi connectivity index (χ3v) is 0.900. The van der Waals surface area contributed by atoms with Gasteiger partial charge >= 0.3 is 6.41 Å². The molecule has 0 bridgehead atoms. The minimum absolute atomic E-state index is 0.437. The van der Waals surface area contributed by atoms with Gasteiger partial charge in [-0.05, 0) is 6.07 Å². The molecule has 0 saturated carbocycles. The topological polar surface area (TPSA) is 57.8 Å². The first kappa shape index (κ1) is 5.81. The van der Waals surface area contributed by atoms with E-state index in [0.717, 1.165) is 5.69 Å². The molecule has 0 fully saturated rings. The number of aromatic amines is 1. The van der Waals surface area contributed by atoms with Gasteiger partial charge in [0.25, 0.3) is 0 Å². The fourth-order valence-electron chi connectivity index (χ4n) is 0.516. The van der Waals surface area contributed by atoms with Gasteiger partial charge in [0.2, 0.25) is 0 Å². The van der Waals surface area contributed by atoms with Crippen LogP contribution < -0.4 is 5.32 Å². The zero-order valence-corrected chi connectivity index (χ0v) is 4.72. The van der Waals surface area contributed by atoms with Crippen molar-refractivity contribution in [1.82, 2.24) is 15.5 Å². The van der Waals surface area contributed by atoms with Gasteiger partial charge in [-0.15, -0.1) is 0 Å². The van der Waals surface area contributed by atoms with Crippen molar-refractivity contribution < 1.29 is 4.79 Å². The molecule has 0 atom stereocenters. The average molecular weight is 124 g/mol. The molecule has 1 radical (unpaired) electrons. The van der Waals surface area contributed by atoms with E-state index in [1.54, 1.807) is 18.7 Å². The Balaban J connectivity index is 2.38. The molecule has 1 heterocycles. The minimum Gasteiger partial charge on any atom is -0.342 e. The molecule has 0 aliphatic carbocycles. The minimum atomic E-state index is 0.437. The first-order valence-corrected chi connectivity index (χ1v) is 2.52. The van der Waals surface area contributed by atoms with Crippen LogP contribution >= 0.6 is 0 Å². The molecular formula is C5H6N3O. The van der Waals surface area contributed by atoms with Crippen molar-refractivity contribution in [1.29, 1.82) is 0 Å². The third-order valence-electron chi connectivity index (χ3n) is 0.900. The van der Waals surface area contributed by atoms with Gasteiger partial charge in [-0.3, -0.25) is 9.89 Å². The number of nitrogens with one attached hydrogen (secondary N) is 2. The highest BCUT2D eigenvalue weighted by molar-refractivity contribution is 5.46. The molecule has 1 aromatic heterocycles. The Morgan fingerprint density at radius 2 is 2.78 bits per heavy atom. The Kier molecular flexibility index (Phi) is 1.85. The summed E-state index contributed by atoms with van der Waals surface area (Å²) in [5.41, 5.74) is 0.804. The average Bonchev–Trinajstić information content (AvgIpc) is 2.34. The lowest BCUT2D eigenvalue weighted by molar-refractivity contribution is 0.541. The first-order chi connectivity index (χ1) is 4.43. The van der Waals surface area contributed by atoms with Crippen LogP contribution in [0.3, 0.4) is 0 Å². The molecule has 0 unspecified atom stereocenters. The van der Waals surface area contributed by atoms with Crippen LogP contribution in [0.25, 0.3) is 0 Å². The van der Waals surface area contributed by atoms with Crippen molar-refractivity contribution in [2.75, 3.05) is 0 Å². The summed E-state index contributed by atoms with van der Waals surface area (Å²) in [4.78, 5) is 9.63. The molecule has 0 aliphatic heterocycles. The first-order valence-electron chi connectivity index (χ1n) is 2.52. The summed E-state index contributed by atoms with van der Waals surface area (Å²) in [5, 5.41) is 8.77. The molecular weight excluding hydrogens is 118 g/mol. The highest BCUT2D eigenvalue weighted by Crippen LogP contribution is 1.87. The zero-order valence-electron chi connectivity index (χ0n) is 4.72. The molecule has 4 heteroatoms. The van der Waals surface area contributed by atoms with Gasteiger partial charge in [-0.2, -0.15) is 5.10 Å². The molecule has 0 saturated heterocycles. The van der Waals surface area contributed by atoms with E-state index in [-0.39, 0.29) is 0 Å². The van der Waals surface area contributed by atoms with Crippen LogP contribution in [0.2, 0.25) is 0 Å². The highest BCUT2D eigenvalue weighted by atomic mass is 16.1. The second-order valence-electron chi connectivity index (χ2n) is 1.52. The summed E-state index contributed by atoms with van der Waals surface area (Å²) in [6, 6.07) is 1.78. The van der Waals surface area contributed by atoms with E-state index in [2.05, 4.69) is 15.5 Å². The van der Waals surface area contributed by atoms with Crippen molar-refractivity contribution in [3.63, 3.8) is 0 Å². The van der Waals surface area contributed by atoms with Gasteiger partial charge in [-0.1, -0.05) is 0 Å². The predicted octanol–water partition coefficient (Wildman–Crippen LogP) is -0.434. The van der Waals surface area contributed by atoms with Crippen molar-refractivity contribution in [3.8, 4) is 0 Å². The highest BCUT2D eigenvalue weighted by Gasteiger charge is 1.89. The second-order valence-corrected chi connectivity index (χ2v) is 1.52. The van der Waals surface area contributed by atoms with Crippen molar-refractivity contribution in [2.24, 2.45) is 0 Å². The normalized spacial score (nSPS) is 8.89. The van der Waals surface area contributed by atoms with E-state index in [9.17, 15) is 4.79 Å². The van der Waals surface area contributed by atoms with Crippen molar-refractivity contribution >= 4 is 6.41 Å². The van der Waals surface area contributed by atoms with Crippen LogP contribution in [0.4, 0.5) is 0 Å². The van der Waals surface area contributed by atoms with Crippen LogP contribution in [0.1, 0.15) is 5.69 Å². The smallest absolute Gasteiger partial charge is 0.309 e. The SMILES string of the molecule is O=[C]NCc1cc[nH]n1. The summed E-state index contributed by atoms with van der Waals surface area (Å²) in [7, 11) is 0. The molecule has 1 amide bonds. The van der Waals surface area contributed by atoms with Crippen molar-refractivity contribution in [2.45, 2.75) is 6.54 Å². The Hall–Kier alpha value is -1.32. The zero-order chi connectivity index (χ0) is 6.53. The number of nitrogens with zero attached hydrogens (tertiary/aromatic N) is 1. The molecule has 1 rings (SSSR count). The molecule has 4 nitrogen and oxygen atoms in total. The number of amides is 1. The molecule has 0 spiro atoms. The van der Waals surface area contributed by atoms with Gasteiger partial charge in [0.1, 0.15) is 0 Å². The summed E-state index contributed by atoms with van der Waals surface area (Å²) in [6.45, 7) is 0.437. The van der Waals surface area contributed by atoms with E-state index in [1.165, 1.54) is 0 Å². The van der Waals surface area contributed by atoms with Gasteiger partial charge in [0, 0.05) is 6.20 Å². The number of hydrogen-bond donors (Lipinski definition) is 2. The fraction of sp³-hybridized carbons (Fsp3) is 0.200. The van der Waals surface area contributed by atoms with Crippen LogP contribution in [-0.2, 0) is 11.3 Å². The van der Waals surface area contributed by atoms with Crippen molar-refractivity contribution in [3.05, 3.63) is 18.0 Å². The van der Waals surface area contributed by atoms with Gasteiger partial charge in [0.05, 0.1) is 12.2 Å². The number of carbonyl (C=O) groups excluding carboxylic acids is 1. The van der Waals surface area contributed by atoms with Crippen LogP contribution in [0, 0.1) is 0 Å². The van der Waals surface area contributed by atoms with Gasteiger partial charge in [-0.25, -0.2) is 0 Å². The molecule has 1 aromatic rings. The molecule has 9 heavy (non-hydrogen) atoms. The summed E-state index contributed by atoms with van der Waals surface area (Å²) in [6.07, 6.45) is 3.25. The fourth-order valence-corrected chi connectivity index (χ4v) is 0.516. The monoisotopic (exact) mass is 124 g/mol. The number of H-pyrrole nitrogens is 1.